The number of carbonyl (C=O) groups excluding carboxylic acids is 2. The fraction of sp³-hybridized carbons (Fsp3) is 0.300. The zero-order valence-electron chi connectivity index (χ0n) is 15.6. The Morgan fingerprint density at radius 3 is 2.41 bits per heavy atom. The molecule has 0 atom stereocenters. The van der Waals surface area contributed by atoms with Crippen LogP contribution in [0.15, 0.2) is 53.4 Å². The highest BCUT2D eigenvalue weighted by molar-refractivity contribution is 7.89. The number of para-hydroxylation sites is 1. The average molecular weight is 437 g/mol. The van der Waals surface area contributed by atoms with Gasteiger partial charge in [-0.2, -0.15) is 4.31 Å². The lowest BCUT2D eigenvalue weighted by Gasteiger charge is -2.26. The summed E-state index contributed by atoms with van der Waals surface area (Å²) in [5.74, 6) is -1.38. The Kier molecular flexibility index (Phi) is 6.89. The number of hydrogen-bond donors (Lipinski definition) is 1. The van der Waals surface area contributed by atoms with E-state index in [9.17, 15) is 18.0 Å². The first-order valence-electron chi connectivity index (χ1n) is 9.19. The van der Waals surface area contributed by atoms with Crippen LogP contribution in [0.3, 0.4) is 0 Å². The summed E-state index contributed by atoms with van der Waals surface area (Å²) >= 11 is 6.06. The van der Waals surface area contributed by atoms with Crippen molar-refractivity contribution in [2.24, 2.45) is 0 Å². The van der Waals surface area contributed by atoms with Crippen molar-refractivity contribution in [3.8, 4) is 0 Å². The zero-order valence-corrected chi connectivity index (χ0v) is 17.2. The number of halogens is 1. The molecule has 1 aliphatic rings. The zero-order chi connectivity index (χ0) is 20.9. The van der Waals surface area contributed by atoms with E-state index in [2.05, 4.69) is 5.32 Å². The van der Waals surface area contributed by atoms with E-state index in [-0.39, 0.29) is 15.5 Å². The van der Waals surface area contributed by atoms with Crippen molar-refractivity contribution in [2.45, 2.75) is 24.2 Å². The van der Waals surface area contributed by atoms with E-state index in [1.807, 2.05) is 6.07 Å². The van der Waals surface area contributed by atoms with Crippen LogP contribution in [-0.4, -0.2) is 44.3 Å². The van der Waals surface area contributed by atoms with Gasteiger partial charge in [0.2, 0.25) is 10.0 Å². The molecule has 0 aromatic heterocycles. The van der Waals surface area contributed by atoms with E-state index in [1.54, 1.807) is 24.3 Å². The Labute approximate surface area is 174 Å². The molecule has 154 valence electrons. The second kappa shape index (κ2) is 9.39. The standard InChI is InChI=1S/C20H21ClN2O5S/c21-18-10-9-16(29(26,27)23-11-5-2-6-12-23)13-17(18)20(25)28-14-19(24)22-15-7-3-1-4-8-15/h1,3-4,7-10,13H,2,5-6,11-12,14H2,(H,22,24). The van der Waals surface area contributed by atoms with Crippen LogP contribution < -0.4 is 5.32 Å². The maximum Gasteiger partial charge on any atom is 0.340 e. The van der Waals surface area contributed by atoms with Gasteiger partial charge in [-0.3, -0.25) is 4.79 Å². The lowest BCUT2D eigenvalue weighted by molar-refractivity contribution is -0.119. The lowest BCUT2D eigenvalue weighted by atomic mass is 10.2. The quantitative estimate of drug-likeness (QED) is 0.701. The number of nitrogens with one attached hydrogen (secondary N) is 1. The van der Waals surface area contributed by atoms with Crippen LogP contribution in [0.25, 0.3) is 0 Å². The molecule has 9 heteroatoms. The van der Waals surface area contributed by atoms with Gasteiger partial charge in [-0.15, -0.1) is 0 Å². The Hall–Kier alpha value is -2.42. The summed E-state index contributed by atoms with van der Waals surface area (Å²) in [6.45, 7) is 0.377. The molecule has 1 aliphatic heterocycles. The molecule has 2 aromatic carbocycles. The van der Waals surface area contributed by atoms with Gasteiger partial charge in [0.25, 0.3) is 5.91 Å². The second-order valence-electron chi connectivity index (χ2n) is 6.60. The summed E-state index contributed by atoms with van der Waals surface area (Å²) < 4.78 is 32.0. The van der Waals surface area contributed by atoms with Gasteiger partial charge in [0.15, 0.2) is 6.61 Å². The summed E-state index contributed by atoms with van der Waals surface area (Å²) in [6.07, 6.45) is 2.60. The van der Waals surface area contributed by atoms with E-state index >= 15 is 0 Å². The molecule has 0 unspecified atom stereocenters. The number of carbonyl (C=O) groups is 2. The number of anilines is 1. The van der Waals surface area contributed by atoms with Crippen LogP contribution in [-0.2, 0) is 19.6 Å². The van der Waals surface area contributed by atoms with Crippen LogP contribution in [0.5, 0.6) is 0 Å². The number of piperidine rings is 1. The summed E-state index contributed by atoms with van der Waals surface area (Å²) in [5.41, 5.74) is 0.471. The van der Waals surface area contributed by atoms with Gasteiger partial charge in [-0.1, -0.05) is 36.2 Å². The molecule has 0 saturated carbocycles. The number of ether oxygens (including phenoxy) is 1. The first kappa shape index (κ1) is 21.3. The molecule has 1 N–H and O–H groups in total. The Morgan fingerprint density at radius 1 is 1.03 bits per heavy atom. The third-order valence-corrected chi connectivity index (χ3v) is 6.73. The van der Waals surface area contributed by atoms with E-state index in [0.717, 1.165) is 19.3 Å². The number of hydrogen-bond acceptors (Lipinski definition) is 5. The number of amides is 1. The number of benzene rings is 2. The SMILES string of the molecule is O=C(COC(=O)c1cc(S(=O)(=O)N2CCCCC2)ccc1Cl)Nc1ccccc1. The van der Waals surface area contributed by atoms with Gasteiger partial charge in [0.05, 0.1) is 15.5 Å². The number of rotatable bonds is 6. The number of nitrogens with zero attached hydrogens (tertiary/aromatic N) is 1. The van der Waals surface area contributed by atoms with E-state index in [0.29, 0.717) is 18.8 Å². The van der Waals surface area contributed by atoms with Crippen molar-refractivity contribution < 1.29 is 22.7 Å². The van der Waals surface area contributed by atoms with E-state index in [1.165, 1.54) is 22.5 Å². The highest BCUT2D eigenvalue weighted by atomic mass is 35.5. The van der Waals surface area contributed by atoms with Crippen molar-refractivity contribution in [3.05, 3.63) is 59.1 Å². The number of esters is 1. The molecule has 0 spiro atoms. The molecular weight excluding hydrogens is 416 g/mol. The first-order chi connectivity index (χ1) is 13.9. The molecule has 0 bridgehead atoms. The van der Waals surface area contributed by atoms with Crippen LogP contribution in [0.4, 0.5) is 5.69 Å². The molecule has 0 aliphatic carbocycles. The second-order valence-corrected chi connectivity index (χ2v) is 8.94. The fourth-order valence-corrected chi connectivity index (χ4v) is 4.74. The topological polar surface area (TPSA) is 92.8 Å². The van der Waals surface area contributed by atoms with Gasteiger partial charge in [-0.05, 0) is 43.2 Å². The molecule has 1 fully saturated rings. The normalized spacial score (nSPS) is 14.9. The summed E-state index contributed by atoms with van der Waals surface area (Å²) in [7, 11) is -3.72. The Balaban J connectivity index is 1.68. The van der Waals surface area contributed by atoms with Crippen LogP contribution in [0.2, 0.25) is 5.02 Å². The van der Waals surface area contributed by atoms with E-state index in [4.69, 9.17) is 16.3 Å². The van der Waals surface area contributed by atoms with Gasteiger partial charge >= 0.3 is 5.97 Å². The summed E-state index contributed by atoms with van der Waals surface area (Å²) in [5, 5.41) is 2.64. The third kappa shape index (κ3) is 5.35. The first-order valence-corrected chi connectivity index (χ1v) is 11.0. The molecule has 7 nitrogen and oxygen atoms in total. The Bertz CT molecular complexity index is 989. The van der Waals surface area contributed by atoms with Gasteiger partial charge in [0.1, 0.15) is 0 Å². The van der Waals surface area contributed by atoms with Gasteiger partial charge < -0.3 is 10.1 Å². The van der Waals surface area contributed by atoms with E-state index < -0.39 is 28.5 Å². The Morgan fingerprint density at radius 2 is 1.72 bits per heavy atom. The van der Waals surface area contributed by atoms with Gasteiger partial charge in [0, 0.05) is 18.8 Å². The largest absolute Gasteiger partial charge is 0.452 e. The maximum absolute atomic E-state index is 12.8. The third-order valence-electron chi connectivity index (χ3n) is 4.50. The summed E-state index contributed by atoms with van der Waals surface area (Å²) in [6, 6.07) is 12.6. The molecular formula is C20H21ClN2O5S. The molecule has 1 heterocycles. The highest BCUT2D eigenvalue weighted by Gasteiger charge is 2.27. The molecule has 29 heavy (non-hydrogen) atoms. The maximum atomic E-state index is 12.8. The van der Waals surface area contributed by atoms with Gasteiger partial charge in [-0.25, -0.2) is 13.2 Å². The minimum Gasteiger partial charge on any atom is -0.452 e. The van der Waals surface area contributed by atoms with Crippen LogP contribution in [0.1, 0.15) is 29.6 Å². The monoisotopic (exact) mass is 436 g/mol. The molecule has 1 saturated heterocycles. The average Bonchev–Trinajstić information content (AvgIpc) is 2.73. The predicted octanol–water partition coefficient (Wildman–Crippen LogP) is 3.31. The van der Waals surface area contributed by atoms with Crippen molar-refractivity contribution in [1.82, 2.24) is 4.31 Å². The lowest BCUT2D eigenvalue weighted by Crippen LogP contribution is -2.35. The predicted molar refractivity (Wildman–Crippen MR) is 109 cm³/mol. The molecule has 1 amide bonds. The van der Waals surface area contributed by atoms with Crippen molar-refractivity contribution >= 4 is 39.2 Å². The van der Waals surface area contributed by atoms with Crippen molar-refractivity contribution in [3.63, 3.8) is 0 Å². The molecule has 0 radical (unpaired) electrons. The minimum absolute atomic E-state index is 0.0236. The van der Waals surface area contributed by atoms with Crippen LogP contribution in [0, 0.1) is 0 Å². The number of sulfonamides is 1. The highest BCUT2D eigenvalue weighted by Crippen LogP contribution is 2.25. The van der Waals surface area contributed by atoms with Crippen molar-refractivity contribution in [1.29, 1.82) is 0 Å². The fourth-order valence-electron chi connectivity index (χ4n) is 3.00. The smallest absolute Gasteiger partial charge is 0.340 e. The molecule has 2 aromatic rings. The summed E-state index contributed by atoms with van der Waals surface area (Å²) in [4.78, 5) is 24.3. The van der Waals surface area contributed by atoms with Crippen LogP contribution >= 0.6 is 11.6 Å². The molecule has 3 rings (SSSR count). The van der Waals surface area contributed by atoms with Crippen molar-refractivity contribution in [2.75, 3.05) is 25.0 Å². The minimum atomic E-state index is -3.72.